The number of halogens is 1. The molecule has 2 aromatic rings. The van der Waals surface area contributed by atoms with Gasteiger partial charge in [0.1, 0.15) is 6.04 Å². The van der Waals surface area contributed by atoms with E-state index >= 15 is 0 Å². The molecule has 0 aromatic heterocycles. The molecule has 0 saturated carbocycles. The van der Waals surface area contributed by atoms with E-state index in [-0.39, 0.29) is 11.9 Å². The Morgan fingerprint density at radius 3 is 2.25 bits per heavy atom. The molecule has 28 heavy (non-hydrogen) atoms. The number of nitrogens with one attached hydrogen (secondary N) is 1. The van der Waals surface area contributed by atoms with Crippen LogP contribution in [-0.2, 0) is 14.8 Å². The molecule has 0 heterocycles. The molecule has 0 unspecified atom stereocenters. The minimum absolute atomic E-state index is 0.253. The molecule has 0 bridgehead atoms. The van der Waals surface area contributed by atoms with Crippen LogP contribution in [0.5, 0.6) is 0 Å². The number of amides is 1. The second-order valence-corrected chi connectivity index (χ2v) is 9.55. The molecular formula is C21H27ClN2O3S. The molecule has 2 atom stereocenters. The maximum absolute atomic E-state index is 12.9. The molecule has 0 radical (unpaired) electrons. The van der Waals surface area contributed by atoms with Gasteiger partial charge in [-0.15, -0.1) is 0 Å². The average Bonchev–Trinajstić information content (AvgIpc) is 2.58. The van der Waals surface area contributed by atoms with Gasteiger partial charge >= 0.3 is 0 Å². The molecule has 0 aliphatic heterocycles. The molecule has 2 aromatic carbocycles. The van der Waals surface area contributed by atoms with Crippen molar-refractivity contribution in [3.63, 3.8) is 0 Å². The van der Waals surface area contributed by atoms with Crippen LogP contribution in [0.25, 0.3) is 0 Å². The number of rotatable bonds is 6. The summed E-state index contributed by atoms with van der Waals surface area (Å²) in [7, 11) is -3.70. The maximum atomic E-state index is 12.9. The summed E-state index contributed by atoms with van der Waals surface area (Å²) >= 11 is 6.07. The number of hydrogen-bond donors (Lipinski definition) is 1. The highest BCUT2D eigenvalue weighted by molar-refractivity contribution is 7.92. The van der Waals surface area contributed by atoms with Crippen molar-refractivity contribution in [2.24, 2.45) is 0 Å². The van der Waals surface area contributed by atoms with Gasteiger partial charge in [0.2, 0.25) is 15.9 Å². The fourth-order valence-corrected chi connectivity index (χ4v) is 4.63. The Morgan fingerprint density at radius 2 is 1.64 bits per heavy atom. The van der Waals surface area contributed by atoms with Crippen LogP contribution in [0.15, 0.2) is 36.4 Å². The summed E-state index contributed by atoms with van der Waals surface area (Å²) in [5.74, 6) is -0.377. The second-order valence-electron chi connectivity index (χ2n) is 7.26. The standard InChI is InChI=1S/C21H27ClN2O3S/c1-13-7-8-14(2)19(11-13)16(4)23-21(25)17(5)24(28(6,26)27)20-12-18(22)10-9-15(20)3/h7-12,16-17H,1-6H3,(H,23,25)/t16-,17-/m1/s1. The molecular weight excluding hydrogens is 396 g/mol. The van der Waals surface area contributed by atoms with Crippen molar-refractivity contribution in [2.45, 2.75) is 46.7 Å². The Kier molecular flexibility index (Phi) is 6.78. The first-order valence-corrected chi connectivity index (χ1v) is 11.3. The third-order valence-electron chi connectivity index (χ3n) is 4.76. The van der Waals surface area contributed by atoms with Crippen molar-refractivity contribution in [2.75, 3.05) is 10.6 Å². The Hall–Kier alpha value is -2.05. The minimum Gasteiger partial charge on any atom is -0.348 e. The van der Waals surface area contributed by atoms with Gasteiger partial charge in [-0.3, -0.25) is 9.10 Å². The predicted molar refractivity (Wildman–Crippen MR) is 115 cm³/mol. The molecule has 7 heteroatoms. The Morgan fingerprint density at radius 1 is 1.04 bits per heavy atom. The Bertz CT molecular complexity index is 989. The van der Waals surface area contributed by atoms with E-state index in [0.29, 0.717) is 10.7 Å². The van der Waals surface area contributed by atoms with Gasteiger partial charge in [-0.25, -0.2) is 8.42 Å². The number of hydrogen-bond acceptors (Lipinski definition) is 3. The number of carbonyl (C=O) groups excluding carboxylic acids is 1. The van der Waals surface area contributed by atoms with Crippen LogP contribution in [0.1, 0.15) is 42.1 Å². The Labute approximate surface area is 172 Å². The molecule has 152 valence electrons. The van der Waals surface area contributed by atoms with Crippen molar-refractivity contribution < 1.29 is 13.2 Å². The van der Waals surface area contributed by atoms with Gasteiger partial charge in [-0.05, 0) is 63.4 Å². The fourth-order valence-electron chi connectivity index (χ4n) is 3.24. The van der Waals surface area contributed by atoms with Gasteiger partial charge in [0, 0.05) is 5.02 Å². The Balaban J connectivity index is 2.34. The summed E-state index contributed by atoms with van der Waals surface area (Å²) in [6.07, 6.45) is 1.09. The van der Waals surface area contributed by atoms with Crippen molar-refractivity contribution >= 4 is 33.2 Å². The van der Waals surface area contributed by atoms with Crippen LogP contribution >= 0.6 is 11.6 Å². The largest absolute Gasteiger partial charge is 0.348 e. The summed E-state index contributed by atoms with van der Waals surface area (Å²) in [5.41, 5.74) is 4.29. The van der Waals surface area contributed by atoms with E-state index in [2.05, 4.69) is 5.32 Å². The van der Waals surface area contributed by atoms with E-state index < -0.39 is 16.1 Å². The van der Waals surface area contributed by atoms with Crippen LogP contribution in [0.2, 0.25) is 5.02 Å². The molecule has 2 rings (SSSR count). The molecule has 5 nitrogen and oxygen atoms in total. The third kappa shape index (κ3) is 5.06. The highest BCUT2D eigenvalue weighted by Gasteiger charge is 2.31. The van der Waals surface area contributed by atoms with Gasteiger partial charge in [-0.2, -0.15) is 0 Å². The van der Waals surface area contributed by atoms with Gasteiger partial charge < -0.3 is 5.32 Å². The molecule has 1 amide bonds. The lowest BCUT2D eigenvalue weighted by molar-refractivity contribution is -0.122. The predicted octanol–water partition coefficient (Wildman–Crippen LogP) is 4.30. The number of sulfonamides is 1. The first kappa shape index (κ1) is 22.2. The summed E-state index contributed by atoms with van der Waals surface area (Å²) in [4.78, 5) is 12.9. The van der Waals surface area contributed by atoms with Crippen molar-refractivity contribution in [3.05, 3.63) is 63.7 Å². The second kappa shape index (κ2) is 8.53. The van der Waals surface area contributed by atoms with E-state index in [4.69, 9.17) is 11.6 Å². The first-order valence-electron chi connectivity index (χ1n) is 9.05. The van der Waals surface area contributed by atoms with E-state index in [0.717, 1.165) is 32.8 Å². The number of anilines is 1. The minimum atomic E-state index is -3.70. The zero-order chi connectivity index (χ0) is 21.2. The lowest BCUT2D eigenvalue weighted by Crippen LogP contribution is -2.48. The van der Waals surface area contributed by atoms with Crippen molar-refractivity contribution in [3.8, 4) is 0 Å². The molecule has 0 saturated heterocycles. The summed E-state index contributed by atoms with van der Waals surface area (Å²) in [6.45, 7) is 9.23. The third-order valence-corrected chi connectivity index (χ3v) is 6.22. The van der Waals surface area contributed by atoms with E-state index in [1.54, 1.807) is 32.0 Å². The van der Waals surface area contributed by atoms with Crippen LogP contribution in [-0.4, -0.2) is 26.6 Å². The van der Waals surface area contributed by atoms with E-state index in [9.17, 15) is 13.2 Å². The lowest BCUT2D eigenvalue weighted by Gasteiger charge is -2.30. The SMILES string of the molecule is Cc1ccc(C)c([C@@H](C)NC(=O)[C@@H](C)N(c2cc(Cl)ccc2C)S(C)(=O)=O)c1. The highest BCUT2D eigenvalue weighted by Crippen LogP contribution is 2.28. The van der Waals surface area contributed by atoms with E-state index in [1.165, 1.54) is 0 Å². The number of benzene rings is 2. The van der Waals surface area contributed by atoms with Crippen molar-refractivity contribution in [1.29, 1.82) is 0 Å². The maximum Gasteiger partial charge on any atom is 0.244 e. The zero-order valence-corrected chi connectivity index (χ0v) is 18.6. The van der Waals surface area contributed by atoms with Crippen LogP contribution < -0.4 is 9.62 Å². The van der Waals surface area contributed by atoms with Crippen molar-refractivity contribution in [1.82, 2.24) is 5.32 Å². The smallest absolute Gasteiger partial charge is 0.244 e. The van der Waals surface area contributed by atoms with Crippen LogP contribution in [0.3, 0.4) is 0 Å². The normalized spacial score (nSPS) is 13.7. The molecule has 0 aliphatic carbocycles. The summed E-state index contributed by atoms with van der Waals surface area (Å²) in [5, 5.41) is 3.35. The van der Waals surface area contributed by atoms with Gasteiger partial charge in [0.25, 0.3) is 0 Å². The molecule has 0 aliphatic rings. The highest BCUT2D eigenvalue weighted by atomic mass is 35.5. The summed E-state index contributed by atoms with van der Waals surface area (Å²) in [6, 6.07) is 9.86. The average molecular weight is 423 g/mol. The van der Waals surface area contributed by atoms with Gasteiger partial charge in [0.05, 0.1) is 18.0 Å². The van der Waals surface area contributed by atoms with E-state index in [1.807, 2.05) is 39.0 Å². The number of aryl methyl sites for hydroxylation is 3. The molecule has 1 N–H and O–H groups in total. The van der Waals surface area contributed by atoms with Crippen LogP contribution in [0.4, 0.5) is 5.69 Å². The first-order chi connectivity index (χ1) is 12.9. The topological polar surface area (TPSA) is 66.5 Å². The lowest BCUT2D eigenvalue weighted by atomic mass is 10.00. The zero-order valence-electron chi connectivity index (χ0n) is 17.1. The molecule has 0 spiro atoms. The number of carbonyl (C=O) groups is 1. The van der Waals surface area contributed by atoms with Gasteiger partial charge in [-0.1, -0.05) is 41.4 Å². The quantitative estimate of drug-likeness (QED) is 0.754. The monoisotopic (exact) mass is 422 g/mol. The number of nitrogens with zero attached hydrogens (tertiary/aromatic N) is 1. The molecule has 0 fully saturated rings. The van der Waals surface area contributed by atoms with Gasteiger partial charge in [0.15, 0.2) is 0 Å². The summed E-state index contributed by atoms with van der Waals surface area (Å²) < 4.78 is 26.1. The fraction of sp³-hybridized carbons (Fsp3) is 0.381. The van der Waals surface area contributed by atoms with Crippen LogP contribution in [0, 0.1) is 20.8 Å².